The number of hydrogen-bond donors (Lipinski definition) is 0. The van der Waals surface area contributed by atoms with Gasteiger partial charge in [-0.05, 0) is 92.1 Å². The minimum absolute atomic E-state index is 0.181. The average molecular weight is 349 g/mol. The molecule has 1 atom stereocenters. The van der Waals surface area contributed by atoms with Crippen LogP contribution in [-0.4, -0.2) is 0 Å². The van der Waals surface area contributed by atoms with E-state index in [1.807, 2.05) is 12.1 Å². The maximum Gasteiger partial charge on any atom is 0.123 e. The molecule has 0 N–H and O–H groups in total. The van der Waals surface area contributed by atoms with Crippen LogP contribution >= 0.6 is 15.9 Å². The van der Waals surface area contributed by atoms with E-state index in [-0.39, 0.29) is 10.6 Å². The van der Waals surface area contributed by atoms with Crippen LogP contribution in [0, 0.1) is 40.4 Å². The summed E-state index contributed by atoms with van der Waals surface area (Å²) in [6.45, 7) is 11.0. The lowest BCUT2D eigenvalue weighted by Gasteiger charge is -2.22. The van der Waals surface area contributed by atoms with Crippen molar-refractivity contribution in [3.8, 4) is 0 Å². The third-order valence-electron chi connectivity index (χ3n) is 4.70. The molecule has 0 saturated heterocycles. The fraction of sp³-hybridized carbons (Fsp3) is 0.368. The number of benzene rings is 2. The van der Waals surface area contributed by atoms with Crippen molar-refractivity contribution in [2.75, 3.05) is 0 Å². The monoisotopic (exact) mass is 348 g/mol. The normalized spacial score (nSPS) is 12.5. The Hall–Kier alpha value is -1.15. The van der Waals surface area contributed by atoms with Crippen molar-refractivity contribution in [3.05, 3.63) is 69.0 Å². The SMILES string of the molecule is Cc1c(C)c(C)c(C(Br)Cc2ccc(F)cc2)c(C)c1C. The lowest BCUT2D eigenvalue weighted by molar-refractivity contribution is 0.627. The van der Waals surface area contributed by atoms with E-state index in [9.17, 15) is 4.39 Å². The molecule has 2 aromatic carbocycles. The maximum absolute atomic E-state index is 13.0. The summed E-state index contributed by atoms with van der Waals surface area (Å²) >= 11 is 3.84. The molecule has 0 heterocycles. The quantitative estimate of drug-likeness (QED) is 0.592. The lowest BCUT2D eigenvalue weighted by atomic mass is 9.87. The van der Waals surface area contributed by atoms with Crippen LogP contribution in [0.15, 0.2) is 24.3 Å². The Morgan fingerprint density at radius 1 is 0.810 bits per heavy atom. The second-order valence-electron chi connectivity index (χ2n) is 5.84. The zero-order chi connectivity index (χ0) is 15.7. The minimum Gasteiger partial charge on any atom is -0.207 e. The Bertz CT molecular complexity index is 627. The topological polar surface area (TPSA) is 0 Å². The first-order valence-corrected chi connectivity index (χ1v) is 8.19. The van der Waals surface area contributed by atoms with Gasteiger partial charge in [-0.1, -0.05) is 28.1 Å². The summed E-state index contributed by atoms with van der Waals surface area (Å²) in [6, 6.07) is 6.78. The Morgan fingerprint density at radius 2 is 1.24 bits per heavy atom. The van der Waals surface area contributed by atoms with Crippen LogP contribution < -0.4 is 0 Å². The van der Waals surface area contributed by atoms with E-state index in [4.69, 9.17) is 0 Å². The van der Waals surface area contributed by atoms with Gasteiger partial charge in [0.2, 0.25) is 0 Å². The molecule has 21 heavy (non-hydrogen) atoms. The molecule has 112 valence electrons. The van der Waals surface area contributed by atoms with E-state index in [0.717, 1.165) is 12.0 Å². The molecule has 2 aromatic rings. The Balaban J connectivity index is 2.39. The van der Waals surface area contributed by atoms with Gasteiger partial charge in [-0.3, -0.25) is 0 Å². The molecule has 0 saturated carbocycles. The highest BCUT2D eigenvalue weighted by molar-refractivity contribution is 9.09. The summed E-state index contributed by atoms with van der Waals surface area (Å²) in [7, 11) is 0. The molecule has 0 bridgehead atoms. The molecule has 0 aliphatic rings. The van der Waals surface area contributed by atoms with Crippen LogP contribution in [0.4, 0.5) is 4.39 Å². The molecule has 0 aliphatic heterocycles. The molecule has 0 aliphatic carbocycles. The van der Waals surface area contributed by atoms with E-state index in [1.165, 1.54) is 45.5 Å². The lowest BCUT2D eigenvalue weighted by Crippen LogP contribution is -2.06. The third kappa shape index (κ3) is 3.21. The summed E-state index contributed by atoms with van der Waals surface area (Å²) in [5.74, 6) is -0.181. The predicted octanol–water partition coefficient (Wildman–Crippen LogP) is 6.05. The van der Waals surface area contributed by atoms with Gasteiger partial charge in [-0.15, -0.1) is 0 Å². The van der Waals surface area contributed by atoms with Gasteiger partial charge in [0, 0.05) is 4.83 Å². The summed E-state index contributed by atoms with van der Waals surface area (Å²) in [5.41, 5.74) is 9.37. The number of hydrogen-bond acceptors (Lipinski definition) is 0. The molecule has 0 aromatic heterocycles. The van der Waals surface area contributed by atoms with Crippen LogP contribution in [0.1, 0.15) is 43.8 Å². The zero-order valence-electron chi connectivity index (χ0n) is 13.3. The molecule has 0 fully saturated rings. The second kappa shape index (κ2) is 6.31. The van der Waals surface area contributed by atoms with Crippen molar-refractivity contribution in [2.45, 2.75) is 45.9 Å². The van der Waals surface area contributed by atoms with E-state index >= 15 is 0 Å². The average Bonchev–Trinajstić information content (AvgIpc) is 2.46. The van der Waals surface area contributed by atoms with Crippen LogP contribution in [0.25, 0.3) is 0 Å². The van der Waals surface area contributed by atoms with Crippen LogP contribution in [0.3, 0.4) is 0 Å². The fourth-order valence-electron chi connectivity index (χ4n) is 2.93. The third-order valence-corrected chi connectivity index (χ3v) is 5.48. The van der Waals surface area contributed by atoms with Crippen LogP contribution in [-0.2, 0) is 6.42 Å². The number of alkyl halides is 1. The molecule has 2 rings (SSSR count). The summed E-state index contributed by atoms with van der Waals surface area (Å²) in [5, 5.41) is 0. The maximum atomic E-state index is 13.0. The van der Waals surface area contributed by atoms with Crippen molar-refractivity contribution in [3.63, 3.8) is 0 Å². The summed E-state index contributed by atoms with van der Waals surface area (Å²) in [6.07, 6.45) is 0.865. The molecule has 0 nitrogen and oxygen atoms in total. The van der Waals surface area contributed by atoms with Gasteiger partial charge in [0.15, 0.2) is 0 Å². The minimum atomic E-state index is -0.181. The van der Waals surface area contributed by atoms with E-state index in [0.29, 0.717) is 0 Å². The standard InChI is InChI=1S/C19H22BrF/c1-11-12(2)14(4)19(15(5)13(11)3)18(20)10-16-6-8-17(21)9-7-16/h6-9,18H,10H2,1-5H3. The van der Waals surface area contributed by atoms with Gasteiger partial charge in [-0.2, -0.15) is 0 Å². The highest BCUT2D eigenvalue weighted by Crippen LogP contribution is 2.36. The van der Waals surface area contributed by atoms with Gasteiger partial charge in [0.25, 0.3) is 0 Å². The van der Waals surface area contributed by atoms with Gasteiger partial charge < -0.3 is 0 Å². The molecular formula is C19H22BrF. The smallest absolute Gasteiger partial charge is 0.123 e. The first kappa shape index (κ1) is 16.2. The summed E-state index contributed by atoms with van der Waals surface area (Å²) < 4.78 is 13.0. The highest BCUT2D eigenvalue weighted by atomic mass is 79.9. The van der Waals surface area contributed by atoms with E-state index in [2.05, 4.69) is 50.5 Å². The second-order valence-corrected chi connectivity index (χ2v) is 6.94. The molecule has 1 unspecified atom stereocenters. The van der Waals surface area contributed by atoms with Crippen LogP contribution in [0.5, 0.6) is 0 Å². The van der Waals surface area contributed by atoms with Gasteiger partial charge >= 0.3 is 0 Å². The molecule has 2 heteroatoms. The highest BCUT2D eigenvalue weighted by Gasteiger charge is 2.18. The zero-order valence-corrected chi connectivity index (χ0v) is 14.9. The van der Waals surface area contributed by atoms with Crippen molar-refractivity contribution in [1.82, 2.24) is 0 Å². The molecule has 0 spiro atoms. The Morgan fingerprint density at radius 3 is 1.71 bits per heavy atom. The van der Waals surface area contributed by atoms with E-state index < -0.39 is 0 Å². The Labute approximate surface area is 135 Å². The summed E-state index contributed by atoms with van der Waals surface area (Å²) in [4.78, 5) is 0.251. The predicted molar refractivity (Wildman–Crippen MR) is 91.9 cm³/mol. The fourth-order valence-corrected chi connectivity index (χ4v) is 3.99. The molecular weight excluding hydrogens is 327 g/mol. The largest absolute Gasteiger partial charge is 0.207 e. The van der Waals surface area contributed by atoms with E-state index in [1.54, 1.807) is 0 Å². The number of halogens is 2. The number of rotatable bonds is 3. The van der Waals surface area contributed by atoms with Crippen molar-refractivity contribution in [1.29, 1.82) is 0 Å². The molecule has 0 amide bonds. The molecule has 0 radical (unpaired) electrons. The van der Waals surface area contributed by atoms with Crippen molar-refractivity contribution in [2.24, 2.45) is 0 Å². The van der Waals surface area contributed by atoms with Crippen LogP contribution in [0.2, 0.25) is 0 Å². The van der Waals surface area contributed by atoms with Crippen molar-refractivity contribution >= 4 is 15.9 Å². The Kier molecular flexibility index (Phi) is 4.88. The van der Waals surface area contributed by atoms with Gasteiger partial charge in [0.1, 0.15) is 5.82 Å². The van der Waals surface area contributed by atoms with Crippen molar-refractivity contribution < 1.29 is 4.39 Å². The first-order valence-electron chi connectivity index (χ1n) is 7.28. The first-order chi connectivity index (χ1) is 9.82. The van der Waals surface area contributed by atoms with Gasteiger partial charge in [-0.25, -0.2) is 4.39 Å². The van der Waals surface area contributed by atoms with Gasteiger partial charge in [0.05, 0.1) is 0 Å².